The van der Waals surface area contributed by atoms with Crippen molar-refractivity contribution in [3.05, 3.63) is 10.6 Å². The van der Waals surface area contributed by atoms with Crippen molar-refractivity contribution >= 4 is 20.2 Å². The summed E-state index contributed by atoms with van der Waals surface area (Å²) in [5, 5.41) is 9.14. The maximum absolute atomic E-state index is 10.7. The van der Waals surface area contributed by atoms with E-state index in [0.29, 0.717) is 12.1 Å². The van der Waals surface area contributed by atoms with Crippen LogP contribution in [-0.4, -0.2) is 74.7 Å². The smallest absolute Gasteiger partial charge is 0.632 e. The van der Waals surface area contributed by atoms with Crippen LogP contribution in [0.5, 0.6) is 0 Å². The van der Waals surface area contributed by atoms with E-state index in [4.69, 9.17) is 35.4 Å². The van der Waals surface area contributed by atoms with Gasteiger partial charge in [-0.05, 0) is 17.9 Å². The fraction of sp³-hybridized carbons (Fsp3) is 1.00. The predicted octanol–water partition coefficient (Wildman–Crippen LogP) is 3.04. The number of ether oxygens (including phenoxy) is 2. The summed E-state index contributed by atoms with van der Waals surface area (Å²) in [7, 11) is -11.7. The van der Waals surface area contributed by atoms with Crippen LogP contribution >= 0.6 is 0 Å². The molecular weight excluding hydrogens is 554 g/mol. The normalized spacial score (nSPS) is 26.9. The van der Waals surface area contributed by atoms with Crippen molar-refractivity contribution in [3.63, 3.8) is 0 Å². The molecular formula is C13H22CuF6N2O8S2. The number of rotatable bonds is 2. The van der Waals surface area contributed by atoms with Crippen molar-refractivity contribution in [2.24, 2.45) is 5.41 Å². The number of nitrogens with zero attached hydrogens (tertiary/aromatic N) is 2. The molecule has 0 aliphatic carbocycles. The monoisotopic (exact) mass is 575 g/mol. The average Bonchev–Trinajstić information content (AvgIpc) is 3.13. The Morgan fingerprint density at radius 2 is 0.969 bits per heavy atom. The van der Waals surface area contributed by atoms with Gasteiger partial charge >= 0.3 is 48.3 Å². The minimum Gasteiger partial charge on any atom is -0.632 e. The van der Waals surface area contributed by atoms with E-state index in [1.807, 2.05) is 0 Å². The molecule has 4 atom stereocenters. The standard InChI is InChI=1S/C11H20N2O2.2CHF3O3S.Cu/c1-7-5-14-9(12-7)11(3,4)10-13-8(2)6-15-10;2*2-1(3,4)8(5,6)7;/h7-10H,5-6H2,1-4H3;2*(H,5,6,7);/q-2;;;+2/t7-,8-,9-,10?;;;/m1.../s1. The predicted molar refractivity (Wildman–Crippen MR) is 94.1 cm³/mol. The summed E-state index contributed by atoms with van der Waals surface area (Å²) in [5.74, 6) is 0. The van der Waals surface area contributed by atoms with Crippen molar-refractivity contribution in [2.45, 2.75) is 63.3 Å². The van der Waals surface area contributed by atoms with Crippen molar-refractivity contribution in [3.8, 4) is 0 Å². The molecule has 19 heteroatoms. The third-order valence-electron chi connectivity index (χ3n) is 3.63. The maximum atomic E-state index is 10.7. The first-order valence-corrected chi connectivity index (χ1v) is 11.1. The van der Waals surface area contributed by atoms with Crippen molar-refractivity contribution < 1.29 is 78.8 Å². The Balaban J connectivity index is 0. The number of halogens is 6. The molecule has 2 rings (SSSR count). The SMILES string of the molecule is C[C@@H]1COC(C(C)(C)[C@@H]2[N-][C@H](C)CO2)[N-]1.O=S(=O)(O)C(F)(F)F.O=S(=O)(O)C(F)(F)F.[Cu+2]. The van der Waals surface area contributed by atoms with Gasteiger partial charge in [0.25, 0.3) is 0 Å². The maximum Gasteiger partial charge on any atom is 2.00 e. The van der Waals surface area contributed by atoms with Gasteiger partial charge in [-0.15, -0.1) is 12.1 Å². The molecule has 2 N–H and O–H groups in total. The second-order valence-corrected chi connectivity index (χ2v) is 9.86. The molecule has 32 heavy (non-hydrogen) atoms. The topological polar surface area (TPSA) is 155 Å². The minimum atomic E-state index is -5.84. The van der Waals surface area contributed by atoms with Crippen molar-refractivity contribution in [2.75, 3.05) is 13.2 Å². The number of hydrogen-bond acceptors (Lipinski definition) is 6. The van der Waals surface area contributed by atoms with Crippen LogP contribution in [0.1, 0.15) is 27.7 Å². The molecule has 0 saturated carbocycles. The Labute approximate surface area is 191 Å². The second-order valence-electron chi connectivity index (χ2n) is 7.03. The second kappa shape index (κ2) is 11.9. The van der Waals surface area contributed by atoms with Gasteiger partial charge in [-0.25, -0.2) is 0 Å². The van der Waals surface area contributed by atoms with E-state index in [1.54, 1.807) is 0 Å². The van der Waals surface area contributed by atoms with Crippen LogP contribution in [0.3, 0.4) is 0 Å². The molecule has 10 nitrogen and oxygen atoms in total. The molecule has 0 bridgehead atoms. The van der Waals surface area contributed by atoms with Crippen LogP contribution in [0.15, 0.2) is 0 Å². The van der Waals surface area contributed by atoms with Gasteiger partial charge in [-0.3, -0.25) is 9.11 Å². The minimum absolute atomic E-state index is 0. The van der Waals surface area contributed by atoms with Crippen LogP contribution in [0.2, 0.25) is 0 Å². The summed E-state index contributed by atoms with van der Waals surface area (Å²) in [6.07, 6.45) is -0.155. The Kier molecular flexibility index (Phi) is 12.7. The van der Waals surface area contributed by atoms with Crippen molar-refractivity contribution in [1.29, 1.82) is 0 Å². The van der Waals surface area contributed by atoms with Gasteiger partial charge < -0.3 is 20.1 Å². The quantitative estimate of drug-likeness (QED) is 0.220. The van der Waals surface area contributed by atoms with Gasteiger partial charge in [0.05, 0.1) is 0 Å². The van der Waals surface area contributed by atoms with Crippen LogP contribution < -0.4 is 0 Å². The Hall–Kier alpha value is -0.241. The molecule has 0 aromatic heterocycles. The van der Waals surface area contributed by atoms with E-state index in [9.17, 15) is 26.3 Å². The molecule has 0 amide bonds. The van der Waals surface area contributed by atoms with E-state index >= 15 is 0 Å². The van der Waals surface area contributed by atoms with Crippen molar-refractivity contribution in [1.82, 2.24) is 0 Å². The molecule has 0 aromatic carbocycles. The summed E-state index contributed by atoms with van der Waals surface area (Å²) >= 11 is 0. The van der Waals surface area contributed by atoms with Crippen LogP contribution in [0.4, 0.5) is 26.3 Å². The Morgan fingerprint density at radius 1 is 0.750 bits per heavy atom. The summed E-state index contributed by atoms with van der Waals surface area (Å²) in [5.41, 5.74) is -11.2. The Morgan fingerprint density at radius 3 is 1.09 bits per heavy atom. The molecule has 197 valence electrons. The van der Waals surface area contributed by atoms with Gasteiger partial charge in [-0.2, -0.15) is 43.2 Å². The zero-order valence-electron chi connectivity index (χ0n) is 16.8. The fourth-order valence-electron chi connectivity index (χ4n) is 2.03. The van der Waals surface area contributed by atoms with Crippen LogP contribution in [-0.2, 0) is 46.8 Å². The van der Waals surface area contributed by atoms with E-state index in [-0.39, 0.29) is 34.9 Å². The van der Waals surface area contributed by atoms with Gasteiger partial charge in [0.15, 0.2) is 0 Å². The largest absolute Gasteiger partial charge is 2.00 e. The van der Waals surface area contributed by atoms with Gasteiger partial charge in [-0.1, -0.05) is 27.7 Å². The first-order valence-electron chi connectivity index (χ1n) is 8.20. The molecule has 2 aliphatic heterocycles. The first kappa shape index (κ1) is 33.9. The fourth-order valence-corrected chi connectivity index (χ4v) is 2.03. The molecule has 2 fully saturated rings. The molecule has 0 spiro atoms. The number of alkyl halides is 6. The van der Waals surface area contributed by atoms with E-state index < -0.39 is 31.3 Å². The molecule has 2 saturated heterocycles. The summed E-state index contributed by atoms with van der Waals surface area (Å²) in [6.45, 7) is 9.82. The van der Waals surface area contributed by atoms with E-state index in [2.05, 4.69) is 38.3 Å². The summed E-state index contributed by atoms with van der Waals surface area (Å²) < 4.78 is 126. The molecule has 0 aromatic rings. The van der Waals surface area contributed by atoms with Gasteiger partial charge in [0.2, 0.25) is 0 Å². The number of hydrogen-bond donors (Lipinski definition) is 2. The average molecular weight is 576 g/mol. The zero-order chi connectivity index (χ0) is 25.1. The molecule has 1 unspecified atom stereocenters. The van der Waals surface area contributed by atoms with E-state index in [1.165, 1.54) is 0 Å². The molecule has 1 radical (unpaired) electrons. The van der Waals surface area contributed by atoms with Crippen LogP contribution in [0, 0.1) is 5.41 Å². The first-order chi connectivity index (χ1) is 13.5. The third-order valence-corrected chi connectivity index (χ3v) is 4.80. The van der Waals surface area contributed by atoms with Gasteiger partial charge in [0, 0.05) is 13.2 Å². The third kappa shape index (κ3) is 10.8. The zero-order valence-corrected chi connectivity index (χ0v) is 19.4. The van der Waals surface area contributed by atoms with Crippen LogP contribution in [0.25, 0.3) is 10.6 Å². The van der Waals surface area contributed by atoms with E-state index in [0.717, 1.165) is 13.2 Å². The summed E-state index contributed by atoms with van der Waals surface area (Å²) in [4.78, 5) is 0. The molecule has 2 heterocycles. The van der Waals surface area contributed by atoms with Gasteiger partial charge in [0.1, 0.15) is 0 Å². The summed E-state index contributed by atoms with van der Waals surface area (Å²) in [6, 6.07) is 0.598. The Bertz CT molecular complexity index is 727. The molecule has 2 aliphatic rings.